The molecule has 0 aromatic heterocycles. The fourth-order valence-electron chi connectivity index (χ4n) is 1.92. The van der Waals surface area contributed by atoms with Gasteiger partial charge in [-0.15, -0.1) is 0 Å². The van der Waals surface area contributed by atoms with Gasteiger partial charge in [0.2, 0.25) is 5.91 Å². The third-order valence-electron chi connectivity index (χ3n) is 3.15. The van der Waals surface area contributed by atoms with Crippen LogP contribution in [0, 0.1) is 24.2 Å². The lowest BCUT2D eigenvalue weighted by atomic mass is 10.0. The van der Waals surface area contributed by atoms with Gasteiger partial charge in [-0.25, -0.2) is 4.79 Å². The van der Waals surface area contributed by atoms with E-state index in [-0.39, 0.29) is 19.5 Å². The highest BCUT2D eigenvalue weighted by Gasteiger charge is 2.25. The number of Topliss-reactive ketones (excluding diaryl/α,β-unsaturated/α-hetero) is 1. The first kappa shape index (κ1) is 18.2. The molecule has 0 bridgehead atoms. The van der Waals surface area contributed by atoms with Gasteiger partial charge in [-0.1, -0.05) is 29.8 Å². The second-order valence-electron chi connectivity index (χ2n) is 4.99. The fraction of sp³-hybridized carbons (Fsp3) is 0.375. The lowest BCUT2D eigenvalue weighted by molar-refractivity contribution is -0.131. The van der Waals surface area contributed by atoms with Crippen LogP contribution in [0.15, 0.2) is 24.3 Å². The van der Waals surface area contributed by atoms with Crippen LogP contribution in [0.5, 0.6) is 0 Å². The molecule has 1 unspecified atom stereocenters. The summed E-state index contributed by atoms with van der Waals surface area (Å²) in [5.41, 5.74) is 1.95. The number of carbonyl (C=O) groups is 3. The zero-order valence-electron chi connectivity index (χ0n) is 13.2. The lowest BCUT2D eigenvalue weighted by Gasteiger charge is -2.10. The molecule has 0 saturated heterocycles. The molecule has 7 nitrogen and oxygen atoms in total. The van der Waals surface area contributed by atoms with Crippen molar-refractivity contribution in [3.63, 3.8) is 0 Å². The fourth-order valence-corrected chi connectivity index (χ4v) is 1.92. The Bertz CT molecular complexity index is 622. The number of urea groups is 1. The average molecular weight is 316 g/mol. The molecule has 3 N–H and O–H groups in total. The molecule has 0 spiro atoms. The summed E-state index contributed by atoms with van der Waals surface area (Å²) in [6, 6.07) is 8.86. The Balaban J connectivity index is 2.49. The Hall–Kier alpha value is -2.88. The molecule has 0 aliphatic heterocycles. The number of hydrogen-bond acceptors (Lipinski definition) is 4. The van der Waals surface area contributed by atoms with E-state index in [2.05, 4.69) is 16.0 Å². The highest BCUT2D eigenvalue weighted by molar-refractivity contribution is 6.04. The van der Waals surface area contributed by atoms with Gasteiger partial charge >= 0.3 is 6.03 Å². The molecule has 1 aromatic rings. The first-order chi connectivity index (χ1) is 11.0. The van der Waals surface area contributed by atoms with Gasteiger partial charge in [0.15, 0.2) is 11.7 Å². The zero-order valence-corrected chi connectivity index (χ0v) is 13.2. The first-order valence-electron chi connectivity index (χ1n) is 7.19. The predicted molar refractivity (Wildman–Crippen MR) is 84.2 cm³/mol. The Labute approximate surface area is 135 Å². The third kappa shape index (κ3) is 6.18. The summed E-state index contributed by atoms with van der Waals surface area (Å²) in [7, 11) is 1.45. The summed E-state index contributed by atoms with van der Waals surface area (Å²) in [6.45, 7) is 2.26. The number of hydrogen-bond donors (Lipinski definition) is 3. The van der Waals surface area contributed by atoms with Crippen LogP contribution >= 0.6 is 0 Å². The summed E-state index contributed by atoms with van der Waals surface area (Å²) < 4.78 is 0. The summed E-state index contributed by atoms with van der Waals surface area (Å²) in [4.78, 5) is 34.8. The molecule has 122 valence electrons. The van der Waals surface area contributed by atoms with Crippen LogP contribution in [-0.4, -0.2) is 31.3 Å². The molecule has 0 aliphatic carbocycles. The lowest BCUT2D eigenvalue weighted by Crippen LogP contribution is -2.37. The van der Waals surface area contributed by atoms with Crippen molar-refractivity contribution in [3.05, 3.63) is 35.4 Å². The number of carbonyl (C=O) groups excluding carboxylic acids is 3. The van der Waals surface area contributed by atoms with E-state index < -0.39 is 23.6 Å². The second-order valence-corrected chi connectivity index (χ2v) is 4.99. The molecule has 7 heteroatoms. The van der Waals surface area contributed by atoms with Gasteiger partial charge in [0.25, 0.3) is 0 Å². The molecule has 0 heterocycles. The van der Waals surface area contributed by atoms with Gasteiger partial charge in [-0.2, -0.15) is 5.26 Å². The second kappa shape index (κ2) is 9.20. The number of amides is 3. The van der Waals surface area contributed by atoms with Gasteiger partial charge in [0.1, 0.15) is 0 Å². The molecule has 0 fully saturated rings. The number of aryl methyl sites for hydroxylation is 1. The number of nitriles is 1. The Morgan fingerprint density at radius 1 is 1.26 bits per heavy atom. The van der Waals surface area contributed by atoms with E-state index in [0.29, 0.717) is 0 Å². The van der Waals surface area contributed by atoms with E-state index in [1.54, 1.807) is 6.07 Å². The Morgan fingerprint density at radius 3 is 2.61 bits per heavy atom. The highest BCUT2D eigenvalue weighted by Crippen LogP contribution is 2.05. The van der Waals surface area contributed by atoms with E-state index in [0.717, 1.165) is 11.1 Å². The number of nitrogens with one attached hydrogen (secondary N) is 3. The SMILES string of the molecule is CNC(=O)NCCC(=O)C(C#N)C(=O)NCc1cccc(C)c1. The molecular weight excluding hydrogens is 296 g/mol. The maximum Gasteiger partial charge on any atom is 0.314 e. The van der Waals surface area contributed by atoms with Gasteiger partial charge in [0, 0.05) is 26.6 Å². The maximum atomic E-state index is 12.0. The van der Waals surface area contributed by atoms with Crippen LogP contribution in [-0.2, 0) is 16.1 Å². The minimum absolute atomic E-state index is 0.0713. The van der Waals surface area contributed by atoms with Crippen LogP contribution in [0.2, 0.25) is 0 Å². The molecule has 1 aromatic carbocycles. The maximum absolute atomic E-state index is 12.0. The molecule has 0 saturated carbocycles. The molecule has 0 aliphatic rings. The van der Waals surface area contributed by atoms with Gasteiger partial charge < -0.3 is 16.0 Å². The summed E-state index contributed by atoms with van der Waals surface area (Å²) in [5, 5.41) is 16.4. The summed E-state index contributed by atoms with van der Waals surface area (Å²) in [6.07, 6.45) is -0.0798. The third-order valence-corrected chi connectivity index (χ3v) is 3.15. The van der Waals surface area contributed by atoms with Crippen molar-refractivity contribution in [2.45, 2.75) is 19.9 Å². The average Bonchev–Trinajstić information content (AvgIpc) is 2.53. The minimum Gasteiger partial charge on any atom is -0.350 e. The van der Waals surface area contributed by atoms with Crippen LogP contribution in [0.1, 0.15) is 17.5 Å². The van der Waals surface area contributed by atoms with Crippen LogP contribution in [0.25, 0.3) is 0 Å². The predicted octanol–water partition coefficient (Wildman–Crippen LogP) is 0.639. The van der Waals surface area contributed by atoms with Crippen molar-refractivity contribution >= 4 is 17.7 Å². The van der Waals surface area contributed by atoms with E-state index in [1.165, 1.54) is 7.05 Å². The first-order valence-corrected chi connectivity index (χ1v) is 7.19. The van der Waals surface area contributed by atoms with Crippen LogP contribution in [0.4, 0.5) is 4.79 Å². The van der Waals surface area contributed by atoms with Crippen molar-refractivity contribution in [2.75, 3.05) is 13.6 Å². The van der Waals surface area contributed by atoms with Crippen LogP contribution in [0.3, 0.4) is 0 Å². The van der Waals surface area contributed by atoms with Gasteiger partial charge in [-0.05, 0) is 12.5 Å². The van der Waals surface area contributed by atoms with Crippen molar-refractivity contribution in [1.82, 2.24) is 16.0 Å². The quantitative estimate of drug-likeness (QED) is 0.641. The highest BCUT2D eigenvalue weighted by atomic mass is 16.2. The van der Waals surface area contributed by atoms with E-state index >= 15 is 0 Å². The van der Waals surface area contributed by atoms with Crippen molar-refractivity contribution in [2.24, 2.45) is 5.92 Å². The molecule has 3 amide bonds. The van der Waals surface area contributed by atoms with E-state index in [9.17, 15) is 14.4 Å². The number of ketones is 1. The smallest absolute Gasteiger partial charge is 0.314 e. The standard InChI is InChI=1S/C16H20N4O3/c1-11-4-3-5-12(8-11)10-20-15(22)13(9-17)14(21)6-7-19-16(23)18-2/h3-5,8,13H,6-7,10H2,1-2H3,(H,20,22)(H2,18,19,23). The zero-order chi connectivity index (χ0) is 17.2. The van der Waals surface area contributed by atoms with Crippen molar-refractivity contribution < 1.29 is 14.4 Å². The topological polar surface area (TPSA) is 111 Å². The molecule has 1 atom stereocenters. The van der Waals surface area contributed by atoms with Crippen LogP contribution < -0.4 is 16.0 Å². The molecular formula is C16H20N4O3. The molecule has 1 rings (SSSR count). The number of benzene rings is 1. The van der Waals surface area contributed by atoms with Gasteiger partial charge in [-0.3, -0.25) is 9.59 Å². The van der Waals surface area contributed by atoms with Crippen molar-refractivity contribution in [1.29, 1.82) is 5.26 Å². The van der Waals surface area contributed by atoms with Crippen molar-refractivity contribution in [3.8, 4) is 6.07 Å². The normalized spacial score (nSPS) is 11.0. The summed E-state index contributed by atoms with van der Waals surface area (Å²) >= 11 is 0. The largest absolute Gasteiger partial charge is 0.350 e. The van der Waals surface area contributed by atoms with Gasteiger partial charge in [0.05, 0.1) is 6.07 Å². The monoisotopic (exact) mass is 316 g/mol. The Morgan fingerprint density at radius 2 is 2.00 bits per heavy atom. The summed E-state index contributed by atoms with van der Waals surface area (Å²) in [5.74, 6) is -2.52. The number of rotatable bonds is 7. The van der Waals surface area contributed by atoms with E-state index in [4.69, 9.17) is 5.26 Å². The molecule has 0 radical (unpaired) electrons. The minimum atomic E-state index is -1.37. The Kier molecular flexibility index (Phi) is 7.27. The molecule has 23 heavy (non-hydrogen) atoms. The van der Waals surface area contributed by atoms with E-state index in [1.807, 2.05) is 31.2 Å². The number of nitrogens with zero attached hydrogens (tertiary/aromatic N) is 1.